The summed E-state index contributed by atoms with van der Waals surface area (Å²) in [6.45, 7) is 18.8. The lowest BCUT2D eigenvalue weighted by atomic mass is 9.47. The van der Waals surface area contributed by atoms with Crippen molar-refractivity contribution in [1.82, 2.24) is 8.80 Å². The fourth-order valence-electron chi connectivity index (χ4n) is 14.8. The molecule has 0 saturated heterocycles. The molecule has 4 nitrogen and oxygen atoms in total. The largest absolute Gasteiger partial charge is 0.308 e. The highest BCUT2D eigenvalue weighted by Crippen LogP contribution is 2.65. The summed E-state index contributed by atoms with van der Waals surface area (Å²) in [7, 11) is 0. The van der Waals surface area contributed by atoms with Crippen molar-refractivity contribution in [3.63, 3.8) is 0 Å². The number of aromatic nitrogens is 2. The van der Waals surface area contributed by atoms with Crippen molar-refractivity contribution in [3.8, 4) is 6.07 Å². The average molecular weight is 854 g/mol. The maximum Gasteiger partial charge on any atom is 0.166 e. The summed E-state index contributed by atoms with van der Waals surface area (Å²) in [6, 6.07) is 42.6. The molecule has 1 saturated carbocycles. The van der Waals surface area contributed by atoms with Gasteiger partial charge in [0.2, 0.25) is 0 Å². The summed E-state index contributed by atoms with van der Waals surface area (Å²) in [5, 5.41) is 21.4. The van der Waals surface area contributed by atoms with E-state index in [1.54, 1.807) is 0 Å². The number of ketones is 1. The molecule has 0 unspecified atom stereocenters. The summed E-state index contributed by atoms with van der Waals surface area (Å²) in [6.07, 6.45) is 4.23. The Bertz CT molecular complexity index is 4090. The van der Waals surface area contributed by atoms with Gasteiger partial charge in [-0.05, 0) is 161 Å². The molecule has 7 aromatic carbocycles. The van der Waals surface area contributed by atoms with E-state index in [0.717, 1.165) is 53.4 Å². The van der Waals surface area contributed by atoms with Crippen molar-refractivity contribution < 1.29 is 4.79 Å². The van der Waals surface area contributed by atoms with Gasteiger partial charge in [-0.15, -0.1) is 0 Å². The Kier molecular flexibility index (Phi) is 6.51. The zero-order chi connectivity index (χ0) is 44.9. The molecule has 6 aliphatic rings. The van der Waals surface area contributed by atoms with Crippen molar-refractivity contribution in [2.45, 2.75) is 109 Å². The third-order valence-electron chi connectivity index (χ3n) is 18.0. The van der Waals surface area contributed by atoms with Gasteiger partial charge < -0.3 is 8.80 Å². The second kappa shape index (κ2) is 11.4. The Balaban J connectivity index is 1.14. The predicted molar refractivity (Wildman–Crippen MR) is 271 cm³/mol. The van der Waals surface area contributed by atoms with E-state index in [0.29, 0.717) is 11.7 Å². The van der Waals surface area contributed by atoms with Gasteiger partial charge in [-0.3, -0.25) is 4.79 Å². The minimum absolute atomic E-state index is 0.0720. The molecule has 0 amide bonds. The molecule has 1 fully saturated rings. The number of nitrogens with zero attached hydrogens (tertiary/aromatic N) is 3. The number of benzene rings is 7. The lowest BCUT2D eigenvalue weighted by Crippen LogP contribution is -2.48. The van der Waals surface area contributed by atoms with Crippen molar-refractivity contribution in [2.24, 2.45) is 5.92 Å². The minimum atomic E-state index is -0.497. The van der Waals surface area contributed by atoms with E-state index < -0.39 is 10.8 Å². The van der Waals surface area contributed by atoms with Crippen molar-refractivity contribution in [2.75, 3.05) is 0 Å². The fourth-order valence-corrected chi connectivity index (χ4v) is 14.8. The minimum Gasteiger partial charge on any atom is -0.308 e. The van der Waals surface area contributed by atoms with Crippen LogP contribution in [-0.2, 0) is 21.7 Å². The maximum absolute atomic E-state index is 14.3. The number of hydrogen-bond acceptors (Lipinski definition) is 2. The van der Waals surface area contributed by atoms with Crippen LogP contribution < -0.4 is 0 Å². The molecule has 66 heavy (non-hydrogen) atoms. The molecule has 0 atom stereocenters. The highest BCUT2D eigenvalue weighted by molar-refractivity contribution is 6.30. The average Bonchev–Trinajstić information content (AvgIpc) is 3.98. The molecule has 4 heterocycles. The van der Waals surface area contributed by atoms with Gasteiger partial charge in [-0.25, -0.2) is 0 Å². The Morgan fingerprint density at radius 2 is 0.970 bits per heavy atom. The van der Waals surface area contributed by atoms with E-state index in [-0.39, 0.29) is 16.7 Å². The first-order valence-corrected chi connectivity index (χ1v) is 24.3. The van der Waals surface area contributed by atoms with Gasteiger partial charge >= 0.3 is 0 Å². The fraction of sp³-hybridized carbons (Fsp3) is 0.290. The summed E-state index contributed by atoms with van der Waals surface area (Å²) in [5.74, 6) is 0.942. The number of fused-ring (bicyclic) bond motifs is 14. The molecule has 4 bridgehead atoms. The lowest BCUT2D eigenvalue weighted by Gasteiger charge is -2.54. The molecule has 320 valence electrons. The molecule has 6 aliphatic carbocycles. The highest BCUT2D eigenvalue weighted by Gasteiger charge is 2.56. The van der Waals surface area contributed by atoms with Crippen LogP contribution in [0.25, 0.3) is 76.2 Å². The first kappa shape index (κ1) is 37.5. The van der Waals surface area contributed by atoms with Crippen LogP contribution in [0.15, 0.2) is 103 Å². The van der Waals surface area contributed by atoms with E-state index in [9.17, 15) is 10.1 Å². The predicted octanol–water partition coefficient (Wildman–Crippen LogP) is 15.3. The van der Waals surface area contributed by atoms with Gasteiger partial charge in [0.25, 0.3) is 0 Å². The Morgan fingerprint density at radius 3 is 1.48 bits per heavy atom. The third kappa shape index (κ3) is 4.07. The van der Waals surface area contributed by atoms with Crippen LogP contribution in [0.4, 0.5) is 0 Å². The van der Waals surface area contributed by atoms with Gasteiger partial charge in [0.05, 0.1) is 44.7 Å². The smallest absolute Gasteiger partial charge is 0.166 e. The standard InChI is InChI=1S/C62H51N3O/c1-59(2,3)34-22-40-37-26-36-31-17-19-32(20-18-31)58(66)43(36)29-51(37)64-49-27-39-42-24-35(60(4,5)6)25-44-53-52(65(57(42)44)50(39)28-38(49)41(23-34)56(40)64)21-33(30-63)54-55(53)62(8)47-15-11-9-13-45(47)61(54,7)46-14-10-12-16-48(46)62/h9-16,21-29,31-32H,17-20H2,1-8H3. The van der Waals surface area contributed by atoms with Gasteiger partial charge in [-0.1, -0.05) is 90.1 Å². The number of Topliss-reactive ketones (excluding diaryl/α,β-unsaturated/α-hetero) is 1. The van der Waals surface area contributed by atoms with Gasteiger partial charge in [0, 0.05) is 65.4 Å². The molecular formula is C62H51N3O. The molecular weight excluding hydrogens is 803 g/mol. The number of nitriles is 1. The van der Waals surface area contributed by atoms with Gasteiger partial charge in [-0.2, -0.15) is 5.26 Å². The first-order valence-electron chi connectivity index (χ1n) is 24.3. The molecule has 11 aromatic rings. The van der Waals surface area contributed by atoms with Crippen LogP contribution in [0, 0.1) is 17.2 Å². The summed E-state index contributed by atoms with van der Waals surface area (Å²) in [4.78, 5) is 14.3. The maximum atomic E-state index is 14.3. The van der Waals surface area contributed by atoms with Crippen LogP contribution in [0.1, 0.15) is 153 Å². The van der Waals surface area contributed by atoms with Crippen molar-refractivity contribution in [1.29, 1.82) is 5.26 Å². The molecule has 4 aromatic heterocycles. The first-order chi connectivity index (χ1) is 31.6. The van der Waals surface area contributed by atoms with Gasteiger partial charge in [0.15, 0.2) is 5.78 Å². The van der Waals surface area contributed by atoms with Crippen molar-refractivity contribution >= 4 is 82.0 Å². The monoisotopic (exact) mass is 853 g/mol. The Hall–Kier alpha value is -6.70. The second-order valence-corrected chi connectivity index (χ2v) is 23.3. The quantitative estimate of drug-likeness (QED) is 0.153. The normalized spacial score (nSPS) is 22.4. The molecule has 17 rings (SSSR count). The number of carbonyl (C=O) groups is 1. The number of hydrogen-bond donors (Lipinski definition) is 0. The third-order valence-corrected chi connectivity index (χ3v) is 18.0. The zero-order valence-corrected chi connectivity index (χ0v) is 39.0. The summed E-state index contributed by atoms with van der Waals surface area (Å²) < 4.78 is 5.04. The topological polar surface area (TPSA) is 49.7 Å². The highest BCUT2D eigenvalue weighted by atomic mass is 16.1. The molecule has 4 heteroatoms. The molecule has 0 radical (unpaired) electrons. The molecule has 0 spiro atoms. The number of carbonyl (C=O) groups excluding carboxylic acids is 1. The SMILES string of the molecule is CC(C)(C)c1cc2c3cc4c(cc3n3c5cc6c7cc(C(C)(C)C)cc8c9c%10c(c(C#N)cc9n(c6cc5c(c1)c23)c78)C1(C)c2ccccc2C%10(C)c2ccccc21)C(=O)C1CCC4CC1. The van der Waals surface area contributed by atoms with Crippen LogP contribution in [0.3, 0.4) is 0 Å². The van der Waals surface area contributed by atoms with E-state index in [2.05, 4.69) is 173 Å². The Labute approximate surface area is 384 Å². The zero-order valence-electron chi connectivity index (χ0n) is 39.0. The molecule has 0 N–H and O–H groups in total. The number of rotatable bonds is 0. The summed E-state index contributed by atoms with van der Waals surface area (Å²) in [5.41, 5.74) is 19.2. The summed E-state index contributed by atoms with van der Waals surface area (Å²) >= 11 is 0. The van der Waals surface area contributed by atoms with E-state index in [1.165, 1.54) is 110 Å². The molecule has 0 aliphatic heterocycles. The van der Waals surface area contributed by atoms with Crippen LogP contribution in [0.2, 0.25) is 0 Å². The Morgan fingerprint density at radius 1 is 0.530 bits per heavy atom. The second-order valence-electron chi connectivity index (χ2n) is 23.3. The van der Waals surface area contributed by atoms with Crippen LogP contribution in [-0.4, -0.2) is 14.6 Å². The van der Waals surface area contributed by atoms with Crippen LogP contribution in [0.5, 0.6) is 0 Å². The van der Waals surface area contributed by atoms with Crippen molar-refractivity contribution in [3.05, 3.63) is 164 Å². The van der Waals surface area contributed by atoms with Crippen LogP contribution >= 0.6 is 0 Å². The van der Waals surface area contributed by atoms with Gasteiger partial charge in [0.1, 0.15) is 0 Å². The van der Waals surface area contributed by atoms with E-state index in [4.69, 9.17) is 0 Å². The lowest BCUT2D eigenvalue weighted by molar-refractivity contribution is 0.0898. The van der Waals surface area contributed by atoms with E-state index >= 15 is 0 Å². The van der Waals surface area contributed by atoms with E-state index in [1.807, 2.05) is 0 Å².